The van der Waals surface area contributed by atoms with Gasteiger partial charge in [0, 0.05) is 6.61 Å². The summed E-state index contributed by atoms with van der Waals surface area (Å²) in [4.78, 5) is 10.6. The molecular weight excluding hydrogens is 316 g/mol. The highest BCUT2D eigenvalue weighted by Crippen LogP contribution is 2.21. The molecule has 0 aromatic carbocycles. The normalized spacial score (nSPS) is 22.6. The molecule has 22 heavy (non-hydrogen) atoms. The number of aryl methyl sites for hydroxylation is 2. The minimum Gasteiger partial charge on any atom is -0.480 e. The van der Waals surface area contributed by atoms with Crippen LogP contribution in [0, 0.1) is 13.8 Å². The Morgan fingerprint density at radius 3 is 2.82 bits per heavy atom. The zero-order valence-electron chi connectivity index (χ0n) is 12.2. The topological polar surface area (TPSA) is 128 Å². The smallest absolute Gasteiger partial charge is 0.329 e. The van der Waals surface area contributed by atoms with Crippen LogP contribution in [0.5, 0.6) is 0 Å². The molecule has 1 aromatic rings. The van der Waals surface area contributed by atoms with Crippen molar-refractivity contribution in [1.29, 1.82) is 0 Å². The minimum atomic E-state index is -3.86. The van der Waals surface area contributed by atoms with Gasteiger partial charge in [-0.1, -0.05) is 5.16 Å². The maximum atomic E-state index is 12.4. The number of aromatic nitrogens is 1. The molecule has 0 unspecified atom stereocenters. The van der Waals surface area contributed by atoms with Gasteiger partial charge in [0.25, 0.3) is 0 Å². The number of nitrogens with zero attached hydrogens (tertiary/aromatic N) is 1. The van der Waals surface area contributed by atoms with Crippen molar-refractivity contribution in [2.45, 2.75) is 37.3 Å². The molecule has 1 fully saturated rings. The molecule has 124 valence electrons. The predicted molar refractivity (Wildman–Crippen MR) is 72.9 cm³/mol. The molecule has 1 aliphatic rings. The number of carboxylic acid groups (broad SMARTS) is 1. The number of hydrogen-bond acceptors (Lipinski definition) is 7. The fourth-order valence-corrected chi connectivity index (χ4v) is 3.90. The molecule has 1 saturated heterocycles. The van der Waals surface area contributed by atoms with Crippen LogP contribution in [0.25, 0.3) is 0 Å². The summed E-state index contributed by atoms with van der Waals surface area (Å²) in [7, 11) is -3.86. The van der Waals surface area contributed by atoms with Crippen LogP contribution in [0.3, 0.4) is 0 Å². The summed E-state index contributed by atoms with van der Waals surface area (Å²) < 4.78 is 42.7. The zero-order valence-corrected chi connectivity index (χ0v) is 13.1. The zero-order chi connectivity index (χ0) is 16.3. The number of rotatable bonds is 6. The quantitative estimate of drug-likeness (QED) is 0.734. The lowest BCUT2D eigenvalue weighted by atomic mass is 10.1. The summed E-state index contributed by atoms with van der Waals surface area (Å²) in [5.41, 5.74) is 0.254. The third-order valence-electron chi connectivity index (χ3n) is 3.26. The van der Waals surface area contributed by atoms with E-state index in [2.05, 4.69) is 9.88 Å². The first-order valence-corrected chi connectivity index (χ1v) is 8.16. The molecule has 9 nitrogen and oxygen atoms in total. The molecule has 0 spiro atoms. The first kappa shape index (κ1) is 16.9. The van der Waals surface area contributed by atoms with Crippen LogP contribution in [0.2, 0.25) is 0 Å². The van der Waals surface area contributed by atoms with Crippen molar-refractivity contribution in [2.24, 2.45) is 0 Å². The maximum absolute atomic E-state index is 12.4. The van der Waals surface area contributed by atoms with Gasteiger partial charge in [0.1, 0.15) is 17.2 Å². The summed E-state index contributed by atoms with van der Waals surface area (Å²) in [6, 6.07) is -0.674. The maximum Gasteiger partial charge on any atom is 0.329 e. The summed E-state index contributed by atoms with van der Waals surface area (Å²) >= 11 is 0. The number of carboxylic acids is 1. The Morgan fingerprint density at radius 2 is 2.23 bits per heavy atom. The third-order valence-corrected chi connectivity index (χ3v) is 4.99. The predicted octanol–water partition coefficient (Wildman–Crippen LogP) is -0.172. The number of nitrogens with one attached hydrogen (secondary N) is 1. The lowest BCUT2D eigenvalue weighted by molar-refractivity contribution is -0.147. The number of ether oxygens (including phenoxy) is 2. The van der Waals surface area contributed by atoms with Crippen LogP contribution in [0.1, 0.15) is 17.9 Å². The van der Waals surface area contributed by atoms with Gasteiger partial charge in [-0.3, -0.25) is 0 Å². The van der Waals surface area contributed by atoms with E-state index in [9.17, 15) is 13.2 Å². The van der Waals surface area contributed by atoms with Crippen molar-refractivity contribution in [2.75, 3.05) is 19.8 Å². The van der Waals surface area contributed by atoms with Gasteiger partial charge in [-0.05, 0) is 20.3 Å². The summed E-state index contributed by atoms with van der Waals surface area (Å²) in [6.45, 7) is 3.03. The molecule has 1 aromatic heterocycles. The SMILES string of the molecule is Cc1noc(C)c1S(=O)(=O)N[C@@H]1COCC[C@@H]1OCC(=O)O. The van der Waals surface area contributed by atoms with E-state index >= 15 is 0 Å². The van der Waals surface area contributed by atoms with E-state index in [-0.39, 0.29) is 23.0 Å². The monoisotopic (exact) mass is 334 g/mol. The van der Waals surface area contributed by atoms with Gasteiger partial charge < -0.3 is 19.1 Å². The number of hydrogen-bond donors (Lipinski definition) is 2. The Morgan fingerprint density at radius 1 is 1.50 bits per heavy atom. The van der Waals surface area contributed by atoms with Crippen LogP contribution < -0.4 is 4.72 Å². The molecule has 1 aliphatic heterocycles. The Bertz CT molecular complexity index is 620. The van der Waals surface area contributed by atoms with Crippen LogP contribution >= 0.6 is 0 Å². The average Bonchev–Trinajstić information content (AvgIpc) is 2.77. The standard InChI is InChI=1S/C12H18N2O7S/c1-7-12(8(2)21-13-7)22(17,18)14-9-5-19-4-3-10(9)20-6-11(15)16/h9-10,14H,3-6H2,1-2H3,(H,15,16)/t9-,10+/m1/s1. The fourth-order valence-electron chi connectivity index (χ4n) is 2.32. The Kier molecular flexibility index (Phi) is 5.16. The second-order valence-corrected chi connectivity index (χ2v) is 6.64. The van der Waals surface area contributed by atoms with Crippen molar-refractivity contribution in [3.63, 3.8) is 0 Å². The van der Waals surface area contributed by atoms with Crippen LogP contribution in [-0.4, -0.2) is 56.6 Å². The minimum absolute atomic E-state index is 0.0185. The van der Waals surface area contributed by atoms with Gasteiger partial charge >= 0.3 is 5.97 Å². The molecule has 2 heterocycles. The molecular formula is C12H18N2O7S. The number of aliphatic carboxylic acids is 1. The van der Waals surface area contributed by atoms with Crippen molar-refractivity contribution in [3.05, 3.63) is 11.5 Å². The largest absolute Gasteiger partial charge is 0.480 e. The van der Waals surface area contributed by atoms with E-state index < -0.39 is 34.7 Å². The molecule has 10 heteroatoms. The Hall–Kier alpha value is -1.49. The molecule has 0 radical (unpaired) electrons. The lowest BCUT2D eigenvalue weighted by Crippen LogP contribution is -2.51. The van der Waals surface area contributed by atoms with Gasteiger partial charge in [0.2, 0.25) is 10.0 Å². The second kappa shape index (κ2) is 6.73. The Labute approximate surface area is 127 Å². The van der Waals surface area contributed by atoms with Crippen molar-refractivity contribution >= 4 is 16.0 Å². The van der Waals surface area contributed by atoms with Gasteiger partial charge in [0.15, 0.2) is 5.76 Å². The first-order chi connectivity index (χ1) is 10.3. The second-order valence-electron chi connectivity index (χ2n) is 4.99. The molecule has 0 amide bonds. The van der Waals surface area contributed by atoms with Gasteiger partial charge in [-0.2, -0.15) is 0 Å². The van der Waals surface area contributed by atoms with E-state index in [1.54, 1.807) is 0 Å². The molecule has 0 bridgehead atoms. The summed E-state index contributed by atoms with van der Waals surface area (Å²) in [5, 5.41) is 12.3. The molecule has 2 atom stereocenters. The van der Waals surface area contributed by atoms with E-state index in [1.165, 1.54) is 13.8 Å². The van der Waals surface area contributed by atoms with Crippen LogP contribution in [0.4, 0.5) is 0 Å². The average molecular weight is 334 g/mol. The summed E-state index contributed by atoms with van der Waals surface area (Å²) in [6.07, 6.45) is -0.165. The van der Waals surface area contributed by atoms with Gasteiger partial charge in [0.05, 0.1) is 18.8 Å². The van der Waals surface area contributed by atoms with Crippen molar-refractivity contribution < 1.29 is 32.3 Å². The molecule has 2 rings (SSSR count). The van der Waals surface area contributed by atoms with Gasteiger partial charge in [-0.25, -0.2) is 17.9 Å². The van der Waals surface area contributed by atoms with Crippen LogP contribution in [0.15, 0.2) is 9.42 Å². The molecule has 0 saturated carbocycles. The summed E-state index contributed by atoms with van der Waals surface area (Å²) in [5.74, 6) is -0.927. The highest BCUT2D eigenvalue weighted by molar-refractivity contribution is 7.89. The van der Waals surface area contributed by atoms with Crippen LogP contribution in [-0.2, 0) is 24.3 Å². The number of sulfonamides is 1. The Balaban J connectivity index is 2.14. The fraction of sp³-hybridized carbons (Fsp3) is 0.667. The highest BCUT2D eigenvalue weighted by Gasteiger charge is 2.33. The number of carbonyl (C=O) groups is 1. The lowest BCUT2D eigenvalue weighted by Gasteiger charge is -2.31. The van der Waals surface area contributed by atoms with E-state index in [1.807, 2.05) is 0 Å². The van der Waals surface area contributed by atoms with Crippen molar-refractivity contribution in [1.82, 2.24) is 9.88 Å². The first-order valence-electron chi connectivity index (χ1n) is 6.67. The van der Waals surface area contributed by atoms with E-state index in [0.29, 0.717) is 13.0 Å². The highest BCUT2D eigenvalue weighted by atomic mass is 32.2. The molecule has 0 aliphatic carbocycles. The van der Waals surface area contributed by atoms with E-state index in [0.717, 1.165) is 0 Å². The molecule has 2 N–H and O–H groups in total. The van der Waals surface area contributed by atoms with Gasteiger partial charge in [-0.15, -0.1) is 0 Å². The third kappa shape index (κ3) is 3.83. The van der Waals surface area contributed by atoms with E-state index in [4.69, 9.17) is 19.1 Å². The van der Waals surface area contributed by atoms with Crippen molar-refractivity contribution in [3.8, 4) is 0 Å².